The van der Waals surface area contributed by atoms with Crippen molar-refractivity contribution in [2.75, 3.05) is 13.1 Å². The van der Waals surface area contributed by atoms with E-state index in [1.807, 2.05) is 0 Å². The summed E-state index contributed by atoms with van der Waals surface area (Å²) in [6.07, 6.45) is 4.73. The Morgan fingerprint density at radius 2 is 1.53 bits per heavy atom. The average Bonchev–Trinajstić information content (AvgIpc) is 3.09. The van der Waals surface area contributed by atoms with Crippen molar-refractivity contribution in [2.45, 2.75) is 39.5 Å². The fraction of sp³-hybridized carbons (Fsp3) is 0.846. The number of rotatable bonds is 6. The zero-order valence-corrected chi connectivity index (χ0v) is 10.6. The highest BCUT2D eigenvalue weighted by atomic mass is 16.4. The Labute approximate surface area is 102 Å². The second-order valence-corrected chi connectivity index (χ2v) is 6.03. The van der Waals surface area contributed by atoms with Crippen LogP contribution in [0.3, 0.4) is 0 Å². The molecule has 4 nitrogen and oxygen atoms in total. The Balaban J connectivity index is 2.01. The summed E-state index contributed by atoms with van der Waals surface area (Å²) in [5.41, 5.74) is -1.29. The van der Waals surface area contributed by atoms with E-state index in [4.69, 9.17) is 5.11 Å². The molecule has 2 rings (SSSR count). The number of carbonyl (C=O) groups excluding carboxylic acids is 1. The highest BCUT2D eigenvalue weighted by molar-refractivity contribution is 6.01. The Hall–Kier alpha value is -1.06. The van der Waals surface area contributed by atoms with E-state index < -0.39 is 11.4 Å². The summed E-state index contributed by atoms with van der Waals surface area (Å²) in [4.78, 5) is 25.2. The van der Waals surface area contributed by atoms with Gasteiger partial charge in [-0.3, -0.25) is 9.59 Å². The molecule has 0 aromatic carbocycles. The maximum absolute atomic E-state index is 12.3. The summed E-state index contributed by atoms with van der Waals surface area (Å²) in [5.74, 6) is -0.0208. The van der Waals surface area contributed by atoms with E-state index in [-0.39, 0.29) is 5.91 Å². The third-order valence-corrected chi connectivity index (χ3v) is 3.71. The monoisotopic (exact) mass is 239 g/mol. The maximum Gasteiger partial charge on any atom is 0.318 e. The van der Waals surface area contributed by atoms with Crippen molar-refractivity contribution in [1.82, 2.24) is 4.90 Å². The molecule has 0 spiro atoms. The molecule has 0 saturated heterocycles. The molecule has 2 aliphatic carbocycles. The third-order valence-electron chi connectivity index (χ3n) is 3.71. The summed E-state index contributed by atoms with van der Waals surface area (Å²) in [5, 5.41) is 9.11. The van der Waals surface area contributed by atoms with Crippen LogP contribution in [0, 0.1) is 17.3 Å². The molecule has 2 saturated carbocycles. The number of amides is 1. The van der Waals surface area contributed by atoms with Crippen LogP contribution in [0.4, 0.5) is 0 Å². The van der Waals surface area contributed by atoms with Gasteiger partial charge < -0.3 is 10.0 Å². The fourth-order valence-corrected chi connectivity index (χ4v) is 1.95. The minimum absolute atomic E-state index is 0.219. The Bertz CT molecular complexity index is 316. The molecule has 0 heterocycles. The van der Waals surface area contributed by atoms with Crippen molar-refractivity contribution in [2.24, 2.45) is 17.3 Å². The van der Waals surface area contributed by atoms with Gasteiger partial charge in [0, 0.05) is 13.1 Å². The molecule has 1 N–H and O–H groups in total. The quantitative estimate of drug-likeness (QED) is 0.718. The molecule has 2 aliphatic rings. The van der Waals surface area contributed by atoms with Crippen LogP contribution in [0.25, 0.3) is 0 Å². The first-order valence-corrected chi connectivity index (χ1v) is 6.44. The normalized spacial score (nSPS) is 20.1. The summed E-state index contributed by atoms with van der Waals surface area (Å²) in [6.45, 7) is 4.52. The molecular formula is C13H21NO3. The van der Waals surface area contributed by atoms with Crippen molar-refractivity contribution in [3.8, 4) is 0 Å². The first-order chi connectivity index (χ1) is 7.91. The van der Waals surface area contributed by atoms with Crippen LogP contribution in [0.15, 0.2) is 0 Å². The van der Waals surface area contributed by atoms with E-state index in [0.29, 0.717) is 11.8 Å². The fourth-order valence-electron chi connectivity index (χ4n) is 1.95. The topological polar surface area (TPSA) is 57.6 Å². The number of aliphatic carboxylic acids is 1. The van der Waals surface area contributed by atoms with Crippen LogP contribution in [0.1, 0.15) is 39.5 Å². The standard InChI is InChI=1S/C13H21NO3/c1-13(2,12(16)17)11(15)14(7-9-3-4-9)8-10-5-6-10/h9-10H,3-8H2,1-2H3,(H,16,17). The molecule has 0 aromatic heterocycles. The van der Waals surface area contributed by atoms with E-state index in [9.17, 15) is 9.59 Å². The van der Waals surface area contributed by atoms with Gasteiger partial charge in [0.25, 0.3) is 0 Å². The lowest BCUT2D eigenvalue weighted by molar-refractivity contribution is -0.158. The average molecular weight is 239 g/mol. The summed E-state index contributed by atoms with van der Waals surface area (Å²) >= 11 is 0. The van der Waals surface area contributed by atoms with Crippen LogP contribution < -0.4 is 0 Å². The molecule has 96 valence electrons. The smallest absolute Gasteiger partial charge is 0.318 e. The van der Waals surface area contributed by atoms with E-state index >= 15 is 0 Å². The van der Waals surface area contributed by atoms with E-state index in [0.717, 1.165) is 13.1 Å². The molecule has 1 amide bonds. The van der Waals surface area contributed by atoms with Gasteiger partial charge >= 0.3 is 5.97 Å². The molecule has 17 heavy (non-hydrogen) atoms. The van der Waals surface area contributed by atoms with E-state index in [2.05, 4.69) is 0 Å². The summed E-state index contributed by atoms with van der Waals surface area (Å²) in [7, 11) is 0. The Kier molecular flexibility index (Phi) is 3.15. The molecule has 0 radical (unpaired) electrons. The zero-order chi connectivity index (χ0) is 12.6. The maximum atomic E-state index is 12.3. The summed E-state index contributed by atoms with van der Waals surface area (Å²) in [6, 6.07) is 0. The molecule has 0 unspecified atom stereocenters. The summed E-state index contributed by atoms with van der Waals surface area (Å²) < 4.78 is 0. The Morgan fingerprint density at radius 1 is 1.12 bits per heavy atom. The van der Waals surface area contributed by atoms with Gasteiger partial charge in [0.1, 0.15) is 5.41 Å². The van der Waals surface area contributed by atoms with E-state index in [1.54, 1.807) is 4.90 Å². The molecular weight excluding hydrogens is 218 g/mol. The van der Waals surface area contributed by atoms with Crippen LogP contribution >= 0.6 is 0 Å². The number of carboxylic acid groups (broad SMARTS) is 1. The first-order valence-electron chi connectivity index (χ1n) is 6.44. The van der Waals surface area contributed by atoms with Crippen molar-refractivity contribution in [1.29, 1.82) is 0 Å². The SMILES string of the molecule is CC(C)(C(=O)O)C(=O)N(CC1CC1)CC1CC1. The van der Waals surface area contributed by atoms with E-state index in [1.165, 1.54) is 39.5 Å². The van der Waals surface area contributed by atoms with Gasteiger partial charge in [0.05, 0.1) is 0 Å². The lowest BCUT2D eigenvalue weighted by atomic mass is 9.91. The second-order valence-electron chi connectivity index (χ2n) is 6.03. The van der Waals surface area contributed by atoms with Crippen LogP contribution in [-0.4, -0.2) is 35.0 Å². The number of hydrogen-bond acceptors (Lipinski definition) is 2. The third kappa shape index (κ3) is 2.99. The number of nitrogens with zero attached hydrogens (tertiary/aromatic N) is 1. The number of hydrogen-bond donors (Lipinski definition) is 1. The minimum Gasteiger partial charge on any atom is -0.480 e. The predicted octanol–water partition coefficient (Wildman–Crippen LogP) is 1.75. The highest BCUT2D eigenvalue weighted by Crippen LogP contribution is 2.35. The largest absolute Gasteiger partial charge is 0.480 e. The van der Waals surface area contributed by atoms with Gasteiger partial charge in [-0.25, -0.2) is 0 Å². The van der Waals surface area contributed by atoms with Crippen molar-refractivity contribution < 1.29 is 14.7 Å². The molecule has 2 fully saturated rings. The zero-order valence-electron chi connectivity index (χ0n) is 10.6. The predicted molar refractivity (Wildman–Crippen MR) is 63.4 cm³/mol. The Morgan fingerprint density at radius 3 is 1.82 bits per heavy atom. The molecule has 4 heteroatoms. The van der Waals surface area contributed by atoms with Crippen molar-refractivity contribution in [3.05, 3.63) is 0 Å². The van der Waals surface area contributed by atoms with Gasteiger partial charge in [-0.05, 0) is 51.4 Å². The van der Waals surface area contributed by atoms with Gasteiger partial charge in [0.2, 0.25) is 5.91 Å². The van der Waals surface area contributed by atoms with Crippen molar-refractivity contribution in [3.63, 3.8) is 0 Å². The molecule has 0 bridgehead atoms. The molecule has 0 aliphatic heterocycles. The van der Waals surface area contributed by atoms with Crippen molar-refractivity contribution >= 4 is 11.9 Å². The minimum atomic E-state index is -1.29. The van der Waals surface area contributed by atoms with Crippen LogP contribution in [0.2, 0.25) is 0 Å². The molecule has 0 aromatic rings. The number of carboxylic acids is 1. The molecule has 0 atom stereocenters. The lowest BCUT2D eigenvalue weighted by Gasteiger charge is -2.29. The lowest BCUT2D eigenvalue weighted by Crippen LogP contribution is -2.46. The van der Waals surface area contributed by atoms with Crippen LogP contribution in [-0.2, 0) is 9.59 Å². The number of carbonyl (C=O) groups is 2. The van der Waals surface area contributed by atoms with Gasteiger partial charge in [-0.1, -0.05) is 0 Å². The van der Waals surface area contributed by atoms with Gasteiger partial charge in [0.15, 0.2) is 0 Å². The second kappa shape index (κ2) is 4.31. The highest BCUT2D eigenvalue weighted by Gasteiger charge is 2.42. The van der Waals surface area contributed by atoms with Gasteiger partial charge in [-0.2, -0.15) is 0 Å². The first kappa shape index (κ1) is 12.4. The van der Waals surface area contributed by atoms with Gasteiger partial charge in [-0.15, -0.1) is 0 Å². The van der Waals surface area contributed by atoms with Crippen LogP contribution in [0.5, 0.6) is 0 Å².